The lowest BCUT2D eigenvalue weighted by molar-refractivity contribution is 0.0689. The molecule has 0 aliphatic rings. The number of ether oxygens (including phenoxy) is 2. The van der Waals surface area contributed by atoms with Crippen molar-refractivity contribution in [3.63, 3.8) is 0 Å². The summed E-state index contributed by atoms with van der Waals surface area (Å²) < 4.78 is 11.9. The van der Waals surface area contributed by atoms with Gasteiger partial charge in [-0.3, -0.25) is 4.57 Å². The zero-order valence-corrected chi connectivity index (χ0v) is 11.5. The van der Waals surface area contributed by atoms with E-state index in [1.807, 2.05) is 0 Å². The zero-order chi connectivity index (χ0) is 13.7. The molecule has 0 bridgehead atoms. The number of methoxy groups -OCH3 is 1. The number of aromatic nitrogens is 3. The van der Waals surface area contributed by atoms with Crippen molar-refractivity contribution in [1.29, 1.82) is 0 Å². The van der Waals surface area contributed by atoms with Crippen LogP contribution in [0.4, 0.5) is 0 Å². The van der Waals surface area contributed by atoms with Crippen LogP contribution in [0, 0.1) is 0 Å². The Bertz CT molecular complexity index is 560. The highest BCUT2D eigenvalue weighted by molar-refractivity contribution is 5.86. The molecule has 0 aliphatic carbocycles. The number of nitrogens with zero attached hydrogens (tertiary/aromatic N) is 3. The van der Waals surface area contributed by atoms with Crippen LogP contribution < -0.4 is 4.74 Å². The molecule has 2 aromatic heterocycles. The van der Waals surface area contributed by atoms with Crippen LogP contribution in [0.15, 0.2) is 30.9 Å². The molecule has 0 aromatic carbocycles. The zero-order valence-electron chi connectivity index (χ0n) is 10.7. The third kappa shape index (κ3) is 3.94. The molecular formula is C12H14ClN3O4. The number of carboxylic acid groups (broad SMARTS) is 1. The van der Waals surface area contributed by atoms with Gasteiger partial charge >= 0.3 is 5.97 Å². The smallest absolute Gasteiger partial charge is 0.354 e. The van der Waals surface area contributed by atoms with E-state index < -0.39 is 5.97 Å². The molecule has 0 aliphatic heterocycles. The first-order chi connectivity index (χ1) is 9.20. The molecule has 7 nitrogen and oxygen atoms in total. The Kier molecular flexibility index (Phi) is 5.95. The van der Waals surface area contributed by atoms with Crippen LogP contribution in [0.1, 0.15) is 10.5 Å². The molecule has 108 valence electrons. The van der Waals surface area contributed by atoms with Crippen molar-refractivity contribution in [3.8, 4) is 11.6 Å². The fourth-order valence-corrected chi connectivity index (χ4v) is 1.45. The van der Waals surface area contributed by atoms with Crippen LogP contribution in [-0.2, 0) is 4.74 Å². The maximum Gasteiger partial charge on any atom is 0.354 e. The molecule has 2 aromatic rings. The second-order valence-corrected chi connectivity index (χ2v) is 3.66. The molecule has 8 heteroatoms. The van der Waals surface area contributed by atoms with Gasteiger partial charge in [0.2, 0.25) is 0 Å². The van der Waals surface area contributed by atoms with Gasteiger partial charge in [-0.15, -0.1) is 12.4 Å². The van der Waals surface area contributed by atoms with E-state index in [2.05, 4.69) is 9.97 Å². The summed E-state index contributed by atoms with van der Waals surface area (Å²) in [6.07, 6.45) is 4.79. The summed E-state index contributed by atoms with van der Waals surface area (Å²) in [7, 11) is 1.56. The van der Waals surface area contributed by atoms with Crippen LogP contribution in [0.3, 0.4) is 0 Å². The monoisotopic (exact) mass is 299 g/mol. The van der Waals surface area contributed by atoms with Crippen LogP contribution in [0.5, 0.6) is 5.75 Å². The second kappa shape index (κ2) is 7.46. The lowest BCUT2D eigenvalue weighted by atomic mass is 10.3. The van der Waals surface area contributed by atoms with Gasteiger partial charge in [0.15, 0.2) is 5.69 Å². The van der Waals surface area contributed by atoms with Crippen molar-refractivity contribution < 1.29 is 19.4 Å². The van der Waals surface area contributed by atoms with Gasteiger partial charge < -0.3 is 14.6 Å². The first kappa shape index (κ1) is 15.9. The molecule has 20 heavy (non-hydrogen) atoms. The average molecular weight is 300 g/mol. The fourth-order valence-electron chi connectivity index (χ4n) is 1.45. The van der Waals surface area contributed by atoms with Crippen LogP contribution >= 0.6 is 12.4 Å². The summed E-state index contributed by atoms with van der Waals surface area (Å²) in [6.45, 7) is 0.758. The first-order valence-corrected chi connectivity index (χ1v) is 5.56. The highest BCUT2D eigenvalue weighted by atomic mass is 35.5. The minimum Gasteiger partial charge on any atom is -0.491 e. The predicted molar refractivity (Wildman–Crippen MR) is 72.9 cm³/mol. The topological polar surface area (TPSA) is 86.5 Å². The van der Waals surface area contributed by atoms with Gasteiger partial charge in [-0.2, -0.15) is 0 Å². The van der Waals surface area contributed by atoms with Crippen molar-refractivity contribution in [3.05, 3.63) is 36.5 Å². The van der Waals surface area contributed by atoms with Crippen molar-refractivity contribution in [2.45, 2.75) is 0 Å². The molecule has 1 N–H and O–H groups in total. The molecule has 0 saturated heterocycles. The molecule has 0 saturated carbocycles. The van der Waals surface area contributed by atoms with Gasteiger partial charge in [-0.25, -0.2) is 14.8 Å². The maximum atomic E-state index is 11.0. The van der Waals surface area contributed by atoms with E-state index in [1.54, 1.807) is 30.1 Å². The highest BCUT2D eigenvalue weighted by Crippen LogP contribution is 2.17. The van der Waals surface area contributed by atoms with E-state index in [0.717, 1.165) is 0 Å². The number of rotatable bonds is 6. The standard InChI is InChI=1S/C12H13N3O4.ClH/c1-18-4-5-19-9-6-10(12(16)17)14-11(7-9)15-3-2-13-8-15;/h2-3,6-8H,4-5H2,1H3,(H,16,17);1H. The first-order valence-electron chi connectivity index (χ1n) is 5.56. The Balaban J connectivity index is 0.00000200. The molecule has 2 heterocycles. The quantitative estimate of drug-likeness (QED) is 0.812. The lowest BCUT2D eigenvalue weighted by Gasteiger charge is -2.09. The van der Waals surface area contributed by atoms with E-state index in [-0.39, 0.29) is 18.1 Å². The number of halogens is 1. The van der Waals surface area contributed by atoms with Gasteiger partial charge in [0.1, 0.15) is 24.5 Å². The highest BCUT2D eigenvalue weighted by Gasteiger charge is 2.10. The number of imidazole rings is 1. The number of hydrogen-bond donors (Lipinski definition) is 1. The number of carbonyl (C=O) groups is 1. The fraction of sp³-hybridized carbons (Fsp3) is 0.250. The minimum atomic E-state index is -1.11. The van der Waals surface area contributed by atoms with Crippen molar-refractivity contribution in [2.75, 3.05) is 20.3 Å². The number of aromatic carboxylic acids is 1. The number of carboxylic acids is 1. The Hall–Kier alpha value is -2.12. The molecule has 0 fully saturated rings. The molecule has 0 amide bonds. The third-order valence-corrected chi connectivity index (χ3v) is 2.33. The van der Waals surface area contributed by atoms with E-state index in [9.17, 15) is 4.79 Å². The predicted octanol–water partition coefficient (Wildman–Crippen LogP) is 1.41. The Morgan fingerprint density at radius 1 is 1.40 bits per heavy atom. The van der Waals surface area contributed by atoms with Crippen molar-refractivity contribution in [1.82, 2.24) is 14.5 Å². The number of hydrogen-bond acceptors (Lipinski definition) is 5. The van der Waals surface area contributed by atoms with Gasteiger partial charge in [0, 0.05) is 31.6 Å². The summed E-state index contributed by atoms with van der Waals surface area (Å²) in [5.41, 5.74) is -0.0846. The van der Waals surface area contributed by atoms with E-state index in [4.69, 9.17) is 14.6 Å². The van der Waals surface area contributed by atoms with Crippen molar-refractivity contribution >= 4 is 18.4 Å². The summed E-state index contributed by atoms with van der Waals surface area (Å²) in [6, 6.07) is 3.02. The summed E-state index contributed by atoms with van der Waals surface area (Å²) in [4.78, 5) is 18.9. The third-order valence-electron chi connectivity index (χ3n) is 2.33. The summed E-state index contributed by atoms with van der Waals surface area (Å²) in [5, 5.41) is 9.04. The summed E-state index contributed by atoms with van der Waals surface area (Å²) >= 11 is 0. The molecule has 0 radical (unpaired) electrons. The van der Waals surface area contributed by atoms with E-state index >= 15 is 0 Å². The van der Waals surface area contributed by atoms with Gasteiger partial charge in [0.05, 0.1) is 6.61 Å². The molecular weight excluding hydrogens is 286 g/mol. The van der Waals surface area contributed by atoms with Crippen LogP contribution in [-0.4, -0.2) is 45.9 Å². The van der Waals surface area contributed by atoms with Gasteiger partial charge in [0.25, 0.3) is 0 Å². The molecule has 0 unspecified atom stereocenters. The minimum absolute atomic E-state index is 0. The maximum absolute atomic E-state index is 11.0. The van der Waals surface area contributed by atoms with Crippen LogP contribution in [0.25, 0.3) is 5.82 Å². The van der Waals surface area contributed by atoms with Gasteiger partial charge in [-0.1, -0.05) is 0 Å². The molecule has 2 rings (SSSR count). The normalized spacial score (nSPS) is 9.85. The largest absolute Gasteiger partial charge is 0.491 e. The van der Waals surface area contributed by atoms with E-state index in [1.165, 1.54) is 12.4 Å². The summed E-state index contributed by atoms with van der Waals surface area (Å²) in [5.74, 6) is -0.253. The van der Waals surface area contributed by atoms with Crippen LogP contribution in [0.2, 0.25) is 0 Å². The van der Waals surface area contributed by atoms with E-state index in [0.29, 0.717) is 24.8 Å². The Morgan fingerprint density at radius 3 is 2.80 bits per heavy atom. The average Bonchev–Trinajstić information content (AvgIpc) is 2.92. The Morgan fingerprint density at radius 2 is 2.20 bits per heavy atom. The number of pyridine rings is 1. The molecule has 0 spiro atoms. The van der Waals surface area contributed by atoms with Crippen molar-refractivity contribution in [2.24, 2.45) is 0 Å². The Labute approximate surface area is 121 Å². The second-order valence-electron chi connectivity index (χ2n) is 3.66. The molecule has 0 atom stereocenters. The van der Waals surface area contributed by atoms with Gasteiger partial charge in [-0.05, 0) is 0 Å². The SMILES string of the molecule is COCCOc1cc(C(=O)O)nc(-n2ccnc2)c1.Cl. The lowest BCUT2D eigenvalue weighted by Crippen LogP contribution is -2.08.